The van der Waals surface area contributed by atoms with Gasteiger partial charge in [0.25, 0.3) is 0 Å². The summed E-state index contributed by atoms with van der Waals surface area (Å²) in [6.07, 6.45) is 0.458. The summed E-state index contributed by atoms with van der Waals surface area (Å²) in [5.74, 6) is 1.37. The SMILES string of the molecule is CC(=O)SCC1CC(=O)N(c2nsc(-c3ccccc3)n2)C1. The van der Waals surface area contributed by atoms with Gasteiger partial charge in [-0.2, -0.15) is 9.36 Å². The molecule has 1 unspecified atom stereocenters. The largest absolute Gasteiger partial charge is 0.288 e. The number of anilines is 1. The van der Waals surface area contributed by atoms with Gasteiger partial charge in [-0.1, -0.05) is 42.1 Å². The first-order valence-electron chi connectivity index (χ1n) is 6.96. The van der Waals surface area contributed by atoms with Gasteiger partial charge in [-0.05, 0) is 17.5 Å². The molecule has 2 heterocycles. The molecule has 0 aliphatic carbocycles. The van der Waals surface area contributed by atoms with E-state index in [1.807, 2.05) is 30.3 Å². The van der Waals surface area contributed by atoms with Crippen molar-refractivity contribution in [3.8, 4) is 10.6 Å². The molecule has 7 heteroatoms. The highest BCUT2D eigenvalue weighted by atomic mass is 32.2. The van der Waals surface area contributed by atoms with Gasteiger partial charge < -0.3 is 0 Å². The number of thioether (sulfide) groups is 1. The summed E-state index contributed by atoms with van der Waals surface area (Å²) in [5, 5.41) is 0.897. The van der Waals surface area contributed by atoms with Crippen molar-refractivity contribution in [2.24, 2.45) is 5.92 Å². The van der Waals surface area contributed by atoms with Crippen LogP contribution in [-0.4, -0.2) is 32.7 Å². The number of carbonyl (C=O) groups is 2. The predicted octanol–water partition coefficient (Wildman–Crippen LogP) is 2.84. The van der Waals surface area contributed by atoms with Gasteiger partial charge in [0.1, 0.15) is 5.01 Å². The number of rotatable bonds is 4. The molecule has 2 aromatic rings. The quantitative estimate of drug-likeness (QED) is 0.861. The van der Waals surface area contributed by atoms with E-state index in [1.54, 1.807) is 11.8 Å². The smallest absolute Gasteiger partial charge is 0.244 e. The molecule has 0 N–H and O–H groups in total. The fourth-order valence-electron chi connectivity index (χ4n) is 2.35. The third-order valence-electron chi connectivity index (χ3n) is 3.40. The number of hydrogen-bond acceptors (Lipinski definition) is 6. The van der Waals surface area contributed by atoms with Crippen molar-refractivity contribution in [3.63, 3.8) is 0 Å². The van der Waals surface area contributed by atoms with Gasteiger partial charge in [-0.3, -0.25) is 14.5 Å². The highest BCUT2D eigenvalue weighted by Crippen LogP contribution is 2.29. The average molecular weight is 333 g/mol. The second kappa shape index (κ2) is 6.58. The summed E-state index contributed by atoms with van der Waals surface area (Å²) in [6.45, 7) is 2.14. The molecule has 1 aromatic carbocycles. The van der Waals surface area contributed by atoms with Gasteiger partial charge in [0.05, 0.1) is 0 Å². The molecular formula is C15H15N3O2S2. The van der Waals surface area contributed by atoms with Gasteiger partial charge in [-0.15, -0.1) is 0 Å². The van der Waals surface area contributed by atoms with Crippen molar-refractivity contribution in [1.29, 1.82) is 0 Å². The minimum atomic E-state index is 0.0339. The van der Waals surface area contributed by atoms with E-state index in [9.17, 15) is 9.59 Å². The first-order valence-corrected chi connectivity index (χ1v) is 8.72. The number of nitrogens with zero attached hydrogens (tertiary/aromatic N) is 3. The molecular weight excluding hydrogens is 318 g/mol. The first-order chi connectivity index (χ1) is 10.6. The van der Waals surface area contributed by atoms with Crippen LogP contribution in [0.15, 0.2) is 30.3 Å². The second-order valence-electron chi connectivity index (χ2n) is 5.14. The molecule has 114 valence electrons. The first kappa shape index (κ1) is 15.2. The van der Waals surface area contributed by atoms with Crippen LogP contribution in [-0.2, 0) is 9.59 Å². The van der Waals surface area contributed by atoms with Crippen LogP contribution in [0.1, 0.15) is 13.3 Å². The normalized spacial score (nSPS) is 18.0. The average Bonchev–Trinajstić information content (AvgIpc) is 3.12. The van der Waals surface area contributed by atoms with Crippen LogP contribution in [0, 0.1) is 5.92 Å². The van der Waals surface area contributed by atoms with Crippen LogP contribution >= 0.6 is 23.3 Å². The molecule has 3 rings (SSSR count). The van der Waals surface area contributed by atoms with E-state index >= 15 is 0 Å². The minimum absolute atomic E-state index is 0.0339. The van der Waals surface area contributed by atoms with Crippen LogP contribution in [0.25, 0.3) is 10.6 Å². The molecule has 1 fully saturated rings. The lowest BCUT2D eigenvalue weighted by atomic mass is 10.1. The van der Waals surface area contributed by atoms with Crippen molar-refractivity contribution >= 4 is 40.3 Å². The Morgan fingerprint density at radius 3 is 2.91 bits per heavy atom. The summed E-state index contributed by atoms with van der Waals surface area (Å²) >= 11 is 2.57. The maximum Gasteiger partial charge on any atom is 0.244 e. The van der Waals surface area contributed by atoms with Crippen molar-refractivity contribution in [3.05, 3.63) is 30.3 Å². The van der Waals surface area contributed by atoms with E-state index in [-0.39, 0.29) is 16.9 Å². The molecule has 0 bridgehead atoms. The van der Waals surface area contributed by atoms with Crippen molar-refractivity contribution in [2.75, 3.05) is 17.2 Å². The highest BCUT2D eigenvalue weighted by molar-refractivity contribution is 8.13. The molecule has 1 aliphatic heterocycles. The Labute approximate surface area is 136 Å². The maximum atomic E-state index is 12.1. The molecule has 0 radical (unpaired) electrons. The number of hydrogen-bond donors (Lipinski definition) is 0. The Morgan fingerprint density at radius 2 is 2.18 bits per heavy atom. The lowest BCUT2D eigenvalue weighted by molar-refractivity contribution is -0.117. The zero-order valence-corrected chi connectivity index (χ0v) is 13.7. The van der Waals surface area contributed by atoms with E-state index in [0.717, 1.165) is 10.6 Å². The van der Waals surface area contributed by atoms with E-state index < -0.39 is 0 Å². The zero-order valence-electron chi connectivity index (χ0n) is 12.1. The van der Waals surface area contributed by atoms with Crippen LogP contribution in [0.2, 0.25) is 0 Å². The fourth-order valence-corrected chi connectivity index (χ4v) is 3.71. The van der Waals surface area contributed by atoms with Crippen molar-refractivity contribution < 1.29 is 9.59 Å². The molecule has 0 spiro atoms. The van der Waals surface area contributed by atoms with E-state index in [2.05, 4.69) is 9.36 Å². The van der Waals surface area contributed by atoms with Crippen LogP contribution in [0.5, 0.6) is 0 Å². The second-order valence-corrected chi connectivity index (χ2v) is 7.09. The fraction of sp³-hybridized carbons (Fsp3) is 0.333. The van der Waals surface area contributed by atoms with E-state index in [1.165, 1.54) is 23.3 Å². The van der Waals surface area contributed by atoms with E-state index in [0.29, 0.717) is 24.7 Å². The Balaban J connectivity index is 1.71. The molecule has 5 nitrogen and oxygen atoms in total. The molecule has 1 atom stereocenters. The van der Waals surface area contributed by atoms with Crippen LogP contribution < -0.4 is 4.90 Å². The van der Waals surface area contributed by atoms with E-state index in [4.69, 9.17) is 0 Å². The Hall–Kier alpha value is -1.73. The van der Waals surface area contributed by atoms with Gasteiger partial charge in [0.15, 0.2) is 5.12 Å². The standard InChI is InChI=1S/C15H15N3O2S2/c1-10(19)21-9-11-7-13(20)18(8-11)15-16-14(22-17-15)12-5-3-2-4-6-12/h2-6,11H,7-9H2,1H3. The highest BCUT2D eigenvalue weighted by Gasteiger charge is 2.33. The summed E-state index contributed by atoms with van der Waals surface area (Å²) in [7, 11) is 0. The topological polar surface area (TPSA) is 63.2 Å². The molecule has 1 amide bonds. The predicted molar refractivity (Wildman–Crippen MR) is 88.9 cm³/mol. The van der Waals surface area contributed by atoms with Crippen LogP contribution in [0.4, 0.5) is 5.95 Å². The van der Waals surface area contributed by atoms with Gasteiger partial charge >= 0.3 is 0 Å². The summed E-state index contributed by atoms with van der Waals surface area (Å²) in [6, 6.07) is 9.80. The molecule has 22 heavy (non-hydrogen) atoms. The molecule has 1 aliphatic rings. The zero-order chi connectivity index (χ0) is 15.5. The molecule has 1 aromatic heterocycles. The maximum absolute atomic E-state index is 12.1. The summed E-state index contributed by atoms with van der Waals surface area (Å²) < 4.78 is 4.32. The van der Waals surface area contributed by atoms with Gasteiger partial charge in [0.2, 0.25) is 11.9 Å². The lowest BCUT2D eigenvalue weighted by Crippen LogP contribution is -2.25. The molecule has 0 saturated carbocycles. The lowest BCUT2D eigenvalue weighted by Gasteiger charge is -2.11. The summed E-state index contributed by atoms with van der Waals surface area (Å²) in [5.41, 5.74) is 1.00. The van der Waals surface area contributed by atoms with Gasteiger partial charge in [-0.25, -0.2) is 0 Å². The Kier molecular flexibility index (Phi) is 4.54. The third-order valence-corrected chi connectivity index (χ3v) is 5.20. The number of carbonyl (C=O) groups excluding carboxylic acids is 2. The monoisotopic (exact) mass is 333 g/mol. The van der Waals surface area contributed by atoms with Crippen molar-refractivity contribution in [2.45, 2.75) is 13.3 Å². The number of benzene rings is 1. The minimum Gasteiger partial charge on any atom is -0.288 e. The number of amides is 1. The molecule has 1 saturated heterocycles. The Morgan fingerprint density at radius 1 is 1.41 bits per heavy atom. The number of aromatic nitrogens is 2. The summed E-state index contributed by atoms with van der Waals surface area (Å²) in [4.78, 5) is 29.3. The Bertz CT molecular complexity index is 687. The third kappa shape index (κ3) is 3.36. The van der Waals surface area contributed by atoms with Gasteiger partial charge in [0, 0.05) is 31.2 Å². The van der Waals surface area contributed by atoms with Crippen LogP contribution in [0.3, 0.4) is 0 Å². The van der Waals surface area contributed by atoms with Crippen molar-refractivity contribution in [1.82, 2.24) is 9.36 Å².